The maximum atomic E-state index is 12.1. The van der Waals surface area contributed by atoms with Crippen LogP contribution in [0.5, 0.6) is 0 Å². The molecule has 0 bridgehead atoms. The Kier molecular flexibility index (Phi) is 7.70. The summed E-state index contributed by atoms with van der Waals surface area (Å²) in [5.41, 5.74) is 0.420. The molecule has 1 aromatic rings. The van der Waals surface area contributed by atoms with Crippen LogP contribution in [-0.2, 0) is 18.8 Å². The Balaban J connectivity index is 2.62. The van der Waals surface area contributed by atoms with Gasteiger partial charge in [-0.3, -0.25) is 9.59 Å². The van der Waals surface area contributed by atoms with Gasteiger partial charge in [-0.05, 0) is 25.1 Å². The Hall–Kier alpha value is -2.00. The minimum absolute atomic E-state index is 0.147. The molecule has 0 aromatic carbocycles. The third kappa shape index (κ3) is 6.72. The monoisotopic (exact) mass is 382 g/mol. The summed E-state index contributed by atoms with van der Waals surface area (Å²) in [5, 5.41) is 5.95. The number of rotatable bonds is 8. The molecule has 9 heteroatoms. The van der Waals surface area contributed by atoms with Crippen molar-refractivity contribution in [2.75, 3.05) is 23.8 Å². The molecule has 0 unspecified atom stereocenters. The fourth-order valence-corrected chi connectivity index (χ4v) is 2.84. The van der Waals surface area contributed by atoms with Gasteiger partial charge in [-0.25, -0.2) is 9.97 Å². The van der Waals surface area contributed by atoms with E-state index in [0.717, 1.165) is 0 Å². The van der Waals surface area contributed by atoms with Gasteiger partial charge in [0.1, 0.15) is 12.0 Å². The summed E-state index contributed by atoms with van der Waals surface area (Å²) in [7, 11) is -1.80. The molecule has 0 radical (unpaired) electrons. The summed E-state index contributed by atoms with van der Waals surface area (Å²) in [5.74, 6) is -0.476. The van der Waals surface area contributed by atoms with E-state index in [1.165, 1.54) is 26.4 Å². The lowest BCUT2D eigenvalue weighted by Crippen LogP contribution is -2.41. The van der Waals surface area contributed by atoms with Gasteiger partial charge >= 0.3 is 5.97 Å². The molecule has 0 fully saturated rings. The van der Waals surface area contributed by atoms with E-state index in [1.807, 2.05) is 0 Å². The second-order valence-corrected chi connectivity index (χ2v) is 12.4. The lowest BCUT2D eigenvalue weighted by Gasteiger charge is -2.36. The van der Waals surface area contributed by atoms with E-state index in [9.17, 15) is 9.59 Å². The third-order valence-corrected chi connectivity index (χ3v) is 8.88. The van der Waals surface area contributed by atoms with Gasteiger partial charge < -0.3 is 19.8 Å². The number of nitrogens with zero attached hydrogens (tertiary/aromatic N) is 2. The van der Waals surface area contributed by atoms with Crippen LogP contribution in [0.3, 0.4) is 0 Å². The number of hydrogen-bond donors (Lipinski definition) is 2. The number of carbonyl (C=O) groups excluding carboxylic acids is 2. The molecule has 1 atom stereocenters. The molecular weight excluding hydrogens is 352 g/mol. The van der Waals surface area contributed by atoms with E-state index in [1.54, 1.807) is 0 Å². The van der Waals surface area contributed by atoms with Crippen LogP contribution < -0.4 is 10.6 Å². The van der Waals surface area contributed by atoms with Crippen LogP contribution >= 0.6 is 0 Å². The van der Waals surface area contributed by atoms with Gasteiger partial charge in [-0.15, -0.1) is 0 Å². The Bertz CT molecular complexity index is 631. The molecule has 146 valence electrons. The first-order valence-corrected chi connectivity index (χ1v) is 11.5. The van der Waals surface area contributed by atoms with Gasteiger partial charge in [0, 0.05) is 13.5 Å². The molecule has 2 N–H and O–H groups in total. The van der Waals surface area contributed by atoms with E-state index in [4.69, 9.17) is 9.16 Å². The zero-order valence-electron chi connectivity index (χ0n) is 16.7. The quantitative estimate of drug-likeness (QED) is 0.405. The molecule has 0 aliphatic heterocycles. The fraction of sp³-hybridized carbons (Fsp3) is 0.647. The SMILES string of the molecule is CC(=O)O[C@@H](C)C(=O)Nc1cncnc1NCCO[Si](C)(C)C(C)(C)C. The number of ether oxygens (including phenoxy) is 1. The maximum Gasteiger partial charge on any atom is 0.303 e. The number of amides is 1. The molecule has 0 saturated heterocycles. The average Bonchev–Trinajstić information content (AvgIpc) is 2.51. The Morgan fingerprint density at radius 1 is 1.31 bits per heavy atom. The highest BCUT2D eigenvalue weighted by Gasteiger charge is 2.36. The predicted octanol–water partition coefficient (Wildman–Crippen LogP) is 2.80. The molecule has 1 rings (SSSR count). The smallest absolute Gasteiger partial charge is 0.303 e. The Labute approximate surface area is 156 Å². The van der Waals surface area contributed by atoms with Gasteiger partial charge in [0.15, 0.2) is 20.2 Å². The molecule has 1 amide bonds. The summed E-state index contributed by atoms with van der Waals surface area (Å²) < 4.78 is 11.0. The molecule has 0 saturated carbocycles. The van der Waals surface area contributed by atoms with E-state index in [-0.39, 0.29) is 5.04 Å². The number of anilines is 2. The summed E-state index contributed by atoms with van der Waals surface area (Å²) in [6.45, 7) is 14.8. The van der Waals surface area contributed by atoms with E-state index >= 15 is 0 Å². The van der Waals surface area contributed by atoms with Crippen molar-refractivity contribution in [3.63, 3.8) is 0 Å². The largest absolute Gasteiger partial charge is 0.453 e. The minimum atomic E-state index is -1.80. The van der Waals surface area contributed by atoms with Crippen molar-refractivity contribution in [2.24, 2.45) is 0 Å². The number of hydrogen-bond acceptors (Lipinski definition) is 7. The van der Waals surface area contributed by atoms with E-state index < -0.39 is 26.3 Å². The summed E-state index contributed by atoms with van der Waals surface area (Å²) in [6, 6.07) is 0. The molecule has 0 aliphatic carbocycles. The van der Waals surface area contributed by atoms with Crippen molar-refractivity contribution in [3.05, 3.63) is 12.5 Å². The van der Waals surface area contributed by atoms with Crippen LogP contribution in [0.4, 0.5) is 11.5 Å². The maximum absolute atomic E-state index is 12.1. The van der Waals surface area contributed by atoms with Crippen molar-refractivity contribution < 1.29 is 18.8 Å². The van der Waals surface area contributed by atoms with Gasteiger partial charge in [-0.1, -0.05) is 20.8 Å². The van der Waals surface area contributed by atoms with Crippen molar-refractivity contribution in [3.8, 4) is 0 Å². The summed E-state index contributed by atoms with van der Waals surface area (Å²) in [4.78, 5) is 31.1. The molecule has 1 heterocycles. The van der Waals surface area contributed by atoms with Crippen LogP contribution in [0, 0.1) is 0 Å². The molecule has 0 spiro atoms. The highest BCUT2D eigenvalue weighted by Crippen LogP contribution is 2.36. The van der Waals surface area contributed by atoms with Crippen molar-refractivity contribution in [1.29, 1.82) is 0 Å². The van der Waals surface area contributed by atoms with E-state index in [2.05, 4.69) is 54.5 Å². The Morgan fingerprint density at radius 3 is 2.54 bits per heavy atom. The third-order valence-electron chi connectivity index (χ3n) is 4.35. The van der Waals surface area contributed by atoms with E-state index in [0.29, 0.717) is 24.7 Å². The lowest BCUT2D eigenvalue weighted by molar-refractivity contribution is -0.150. The Morgan fingerprint density at radius 2 is 1.96 bits per heavy atom. The summed E-state index contributed by atoms with van der Waals surface area (Å²) >= 11 is 0. The number of aromatic nitrogens is 2. The molecular formula is C17H30N4O4Si. The van der Waals surface area contributed by atoms with Crippen molar-refractivity contribution in [2.45, 2.75) is 58.9 Å². The topological polar surface area (TPSA) is 102 Å². The normalized spacial score (nSPS) is 13.0. The zero-order chi connectivity index (χ0) is 20.0. The highest BCUT2D eigenvalue weighted by atomic mass is 28.4. The minimum Gasteiger partial charge on any atom is -0.453 e. The second-order valence-electron chi connectivity index (χ2n) is 7.56. The highest BCUT2D eigenvalue weighted by molar-refractivity contribution is 6.74. The average molecular weight is 383 g/mol. The molecule has 1 aromatic heterocycles. The van der Waals surface area contributed by atoms with Gasteiger partial charge in [0.25, 0.3) is 5.91 Å². The fourth-order valence-electron chi connectivity index (χ4n) is 1.79. The molecule has 0 aliphatic rings. The van der Waals surface area contributed by atoms with Crippen LogP contribution in [-0.4, -0.2) is 49.4 Å². The molecule has 26 heavy (non-hydrogen) atoms. The van der Waals surface area contributed by atoms with Crippen molar-refractivity contribution >= 4 is 31.7 Å². The zero-order valence-corrected chi connectivity index (χ0v) is 17.7. The van der Waals surface area contributed by atoms with Crippen LogP contribution in [0.15, 0.2) is 12.5 Å². The predicted molar refractivity (Wildman–Crippen MR) is 104 cm³/mol. The summed E-state index contributed by atoms with van der Waals surface area (Å²) in [6.07, 6.45) is 1.98. The number of esters is 1. The first-order chi connectivity index (χ1) is 11.9. The van der Waals surface area contributed by atoms with Crippen LogP contribution in [0.2, 0.25) is 18.1 Å². The van der Waals surface area contributed by atoms with Crippen molar-refractivity contribution in [1.82, 2.24) is 9.97 Å². The van der Waals surface area contributed by atoms with Gasteiger partial charge in [0.05, 0.1) is 12.8 Å². The van der Waals surface area contributed by atoms with Gasteiger partial charge in [0.2, 0.25) is 0 Å². The second kappa shape index (κ2) is 9.09. The van der Waals surface area contributed by atoms with Crippen LogP contribution in [0.1, 0.15) is 34.6 Å². The standard InChI is InChI=1S/C17H30N4O4Si/c1-12(25-13(2)22)16(23)21-14-10-18-11-20-15(14)19-8-9-24-26(6,7)17(3,4)5/h10-12H,8-9H2,1-7H3,(H,21,23)(H,18,19,20)/t12-/m0/s1. The number of carbonyl (C=O) groups is 2. The lowest BCUT2D eigenvalue weighted by atomic mass is 10.2. The van der Waals surface area contributed by atoms with Gasteiger partial charge in [-0.2, -0.15) is 0 Å². The first kappa shape index (κ1) is 22.0. The van der Waals surface area contributed by atoms with Crippen LogP contribution in [0.25, 0.3) is 0 Å². The first-order valence-electron chi connectivity index (χ1n) is 8.60. The molecule has 8 nitrogen and oxygen atoms in total. The number of nitrogens with one attached hydrogen (secondary N) is 2.